The van der Waals surface area contributed by atoms with Crippen LogP contribution in [0.5, 0.6) is 0 Å². The number of nitrogens with two attached hydrogens (primary N) is 1. The molecule has 6 heteroatoms. The molecule has 15 heavy (non-hydrogen) atoms. The molecule has 0 saturated carbocycles. The van der Waals surface area contributed by atoms with E-state index in [-0.39, 0.29) is 24.7 Å². The van der Waals surface area contributed by atoms with Gasteiger partial charge in [-0.1, -0.05) is 0 Å². The van der Waals surface area contributed by atoms with Crippen LogP contribution >= 0.6 is 12.4 Å². The van der Waals surface area contributed by atoms with Gasteiger partial charge in [-0.3, -0.25) is 4.79 Å². The van der Waals surface area contributed by atoms with Gasteiger partial charge < -0.3 is 20.9 Å². The predicted molar refractivity (Wildman–Crippen MR) is 58.8 cm³/mol. The molecule has 0 aromatic carbocycles. The molecule has 0 bridgehead atoms. The normalized spacial score (nSPS) is 24.1. The van der Waals surface area contributed by atoms with Crippen LogP contribution in [-0.2, 0) is 9.53 Å². The van der Waals surface area contributed by atoms with E-state index in [1.807, 2.05) is 0 Å². The fraction of sp³-hybridized carbons (Fsp3) is 0.889. The number of esters is 1. The molecule has 3 unspecified atom stereocenters. The molecule has 0 aromatic rings. The van der Waals surface area contributed by atoms with Gasteiger partial charge in [-0.15, -0.1) is 12.4 Å². The van der Waals surface area contributed by atoms with Gasteiger partial charge in [-0.2, -0.15) is 0 Å². The highest BCUT2D eigenvalue weighted by Gasteiger charge is 2.27. The summed E-state index contributed by atoms with van der Waals surface area (Å²) in [6.45, 7) is 1.73. The van der Waals surface area contributed by atoms with Gasteiger partial charge in [0.05, 0.1) is 13.2 Å². The Morgan fingerprint density at radius 1 is 1.73 bits per heavy atom. The molecule has 1 fully saturated rings. The molecule has 0 aliphatic carbocycles. The van der Waals surface area contributed by atoms with E-state index in [1.165, 1.54) is 7.11 Å². The molecule has 0 spiro atoms. The first-order valence-corrected chi connectivity index (χ1v) is 4.87. The van der Waals surface area contributed by atoms with Crippen molar-refractivity contribution < 1.29 is 14.6 Å². The highest BCUT2D eigenvalue weighted by molar-refractivity contribution is 5.85. The monoisotopic (exact) mass is 238 g/mol. The van der Waals surface area contributed by atoms with E-state index >= 15 is 0 Å². The standard InChI is InChI=1S/C9H18N2O3.ClH/c1-14-9(13)7(10)4-8(12)6-2-3-11-5-6;/h6-8,11-12H,2-5,10H2,1H3;1H. The summed E-state index contributed by atoms with van der Waals surface area (Å²) < 4.78 is 4.48. The Kier molecular flexibility index (Phi) is 6.84. The molecule has 1 heterocycles. The largest absolute Gasteiger partial charge is 0.468 e. The number of nitrogens with one attached hydrogen (secondary N) is 1. The molecule has 90 valence electrons. The molecule has 3 atom stereocenters. The Morgan fingerprint density at radius 2 is 2.40 bits per heavy atom. The van der Waals surface area contributed by atoms with Crippen molar-refractivity contribution in [2.45, 2.75) is 25.0 Å². The minimum atomic E-state index is -0.712. The number of methoxy groups -OCH3 is 1. The van der Waals surface area contributed by atoms with E-state index in [0.29, 0.717) is 0 Å². The number of carbonyl (C=O) groups is 1. The predicted octanol–water partition coefficient (Wildman–Crippen LogP) is -0.731. The van der Waals surface area contributed by atoms with E-state index in [0.717, 1.165) is 19.5 Å². The first kappa shape index (κ1) is 14.6. The second-order valence-electron chi connectivity index (χ2n) is 3.69. The van der Waals surface area contributed by atoms with Gasteiger partial charge in [0.25, 0.3) is 0 Å². The maximum absolute atomic E-state index is 11.0. The summed E-state index contributed by atoms with van der Waals surface area (Å²) in [5.74, 6) is -0.249. The number of aliphatic hydroxyl groups is 1. The quantitative estimate of drug-likeness (QED) is 0.563. The maximum Gasteiger partial charge on any atom is 0.322 e. The van der Waals surface area contributed by atoms with Crippen LogP contribution in [0.4, 0.5) is 0 Å². The lowest BCUT2D eigenvalue weighted by atomic mass is 9.96. The number of hydrogen-bond donors (Lipinski definition) is 3. The first-order chi connectivity index (χ1) is 6.65. The highest BCUT2D eigenvalue weighted by atomic mass is 35.5. The van der Waals surface area contributed by atoms with Gasteiger partial charge in [0, 0.05) is 6.54 Å². The van der Waals surface area contributed by atoms with E-state index in [2.05, 4.69) is 10.1 Å². The lowest BCUT2D eigenvalue weighted by molar-refractivity contribution is -0.143. The van der Waals surface area contributed by atoms with Crippen molar-refractivity contribution in [1.82, 2.24) is 5.32 Å². The SMILES string of the molecule is COC(=O)C(N)CC(O)C1CCNC1.Cl. The van der Waals surface area contributed by atoms with Gasteiger partial charge in [0.2, 0.25) is 0 Å². The van der Waals surface area contributed by atoms with E-state index in [1.54, 1.807) is 0 Å². The number of carbonyl (C=O) groups excluding carboxylic acids is 1. The fourth-order valence-electron chi connectivity index (χ4n) is 1.71. The van der Waals surface area contributed by atoms with Crippen molar-refractivity contribution >= 4 is 18.4 Å². The lowest BCUT2D eigenvalue weighted by Crippen LogP contribution is -2.37. The topological polar surface area (TPSA) is 84.6 Å². The zero-order chi connectivity index (χ0) is 10.6. The third-order valence-electron chi connectivity index (χ3n) is 2.64. The average Bonchev–Trinajstić information content (AvgIpc) is 2.69. The van der Waals surface area contributed by atoms with Gasteiger partial charge in [0.15, 0.2) is 0 Å². The fourth-order valence-corrected chi connectivity index (χ4v) is 1.71. The zero-order valence-corrected chi connectivity index (χ0v) is 9.63. The summed E-state index contributed by atoms with van der Waals surface area (Å²) in [6.07, 6.45) is 0.702. The third-order valence-corrected chi connectivity index (χ3v) is 2.64. The van der Waals surface area contributed by atoms with E-state index in [9.17, 15) is 9.90 Å². The Labute approximate surface area is 95.8 Å². The molecule has 1 saturated heterocycles. The summed E-state index contributed by atoms with van der Waals surface area (Å²) >= 11 is 0. The third kappa shape index (κ3) is 4.34. The Hall–Kier alpha value is -0.360. The number of ether oxygens (including phenoxy) is 1. The van der Waals surface area contributed by atoms with Crippen LogP contribution in [0.2, 0.25) is 0 Å². The summed E-state index contributed by atoms with van der Waals surface area (Å²) in [6, 6.07) is -0.712. The number of halogens is 1. The maximum atomic E-state index is 11.0. The van der Waals surface area contributed by atoms with Crippen molar-refractivity contribution in [2.24, 2.45) is 11.7 Å². The molecular weight excluding hydrogens is 220 g/mol. The first-order valence-electron chi connectivity index (χ1n) is 4.87. The second kappa shape index (κ2) is 7.00. The van der Waals surface area contributed by atoms with Crippen molar-refractivity contribution in [3.8, 4) is 0 Å². The van der Waals surface area contributed by atoms with Crippen LogP contribution < -0.4 is 11.1 Å². The summed E-state index contributed by atoms with van der Waals surface area (Å²) in [5.41, 5.74) is 5.54. The van der Waals surface area contributed by atoms with Crippen LogP contribution in [0.15, 0.2) is 0 Å². The minimum Gasteiger partial charge on any atom is -0.468 e. The van der Waals surface area contributed by atoms with Crippen molar-refractivity contribution in [3.05, 3.63) is 0 Å². The molecular formula is C9H19ClN2O3. The van der Waals surface area contributed by atoms with Gasteiger partial charge in [-0.05, 0) is 25.3 Å². The van der Waals surface area contributed by atoms with Crippen LogP contribution in [0.25, 0.3) is 0 Å². The van der Waals surface area contributed by atoms with Gasteiger partial charge in [-0.25, -0.2) is 0 Å². The van der Waals surface area contributed by atoms with Crippen LogP contribution in [-0.4, -0.2) is 43.4 Å². The van der Waals surface area contributed by atoms with Crippen LogP contribution in [0.1, 0.15) is 12.8 Å². The van der Waals surface area contributed by atoms with E-state index < -0.39 is 18.1 Å². The van der Waals surface area contributed by atoms with Gasteiger partial charge >= 0.3 is 5.97 Å². The van der Waals surface area contributed by atoms with Crippen molar-refractivity contribution in [1.29, 1.82) is 0 Å². The molecule has 0 amide bonds. The smallest absolute Gasteiger partial charge is 0.322 e. The molecule has 0 radical (unpaired) electrons. The molecule has 5 nitrogen and oxygen atoms in total. The number of aliphatic hydroxyl groups excluding tert-OH is 1. The zero-order valence-electron chi connectivity index (χ0n) is 8.81. The Balaban J connectivity index is 0.00000196. The molecule has 4 N–H and O–H groups in total. The number of rotatable bonds is 4. The highest BCUT2D eigenvalue weighted by Crippen LogP contribution is 2.16. The van der Waals surface area contributed by atoms with Crippen LogP contribution in [0, 0.1) is 5.92 Å². The molecule has 0 aromatic heterocycles. The number of hydrogen-bond acceptors (Lipinski definition) is 5. The van der Waals surface area contributed by atoms with Gasteiger partial charge in [0.1, 0.15) is 6.04 Å². The average molecular weight is 239 g/mol. The molecule has 1 aliphatic rings. The van der Waals surface area contributed by atoms with Crippen LogP contribution in [0.3, 0.4) is 0 Å². The van der Waals surface area contributed by atoms with Crippen molar-refractivity contribution in [3.63, 3.8) is 0 Å². The summed E-state index contributed by atoms with van der Waals surface area (Å²) in [5, 5.41) is 12.9. The van der Waals surface area contributed by atoms with E-state index in [4.69, 9.17) is 5.73 Å². The minimum absolute atomic E-state index is 0. The van der Waals surface area contributed by atoms with Crippen molar-refractivity contribution in [2.75, 3.05) is 20.2 Å². The summed E-state index contributed by atoms with van der Waals surface area (Å²) in [4.78, 5) is 11.0. The molecule has 1 aliphatic heterocycles. The summed E-state index contributed by atoms with van der Waals surface area (Å²) in [7, 11) is 1.30. The Bertz CT molecular complexity index is 198. The Morgan fingerprint density at radius 3 is 2.87 bits per heavy atom. The molecule has 1 rings (SSSR count). The second-order valence-corrected chi connectivity index (χ2v) is 3.69. The lowest BCUT2D eigenvalue weighted by Gasteiger charge is -2.19.